The highest BCUT2D eigenvalue weighted by Gasteiger charge is 2.06. The summed E-state index contributed by atoms with van der Waals surface area (Å²) in [5, 5.41) is 0. The van der Waals surface area contributed by atoms with Crippen molar-refractivity contribution < 1.29 is 9.59 Å². The molecule has 118 valence electrons. The van der Waals surface area contributed by atoms with Gasteiger partial charge in [-0.15, -0.1) is 0 Å². The molecular formula is C18H34O2. The molecule has 0 heterocycles. The van der Waals surface area contributed by atoms with Crippen molar-refractivity contribution in [1.82, 2.24) is 0 Å². The molecule has 0 N–H and O–H groups in total. The summed E-state index contributed by atoms with van der Waals surface area (Å²) in [6, 6.07) is 0. The van der Waals surface area contributed by atoms with Crippen molar-refractivity contribution in [2.24, 2.45) is 11.8 Å². The third kappa shape index (κ3) is 13.8. The van der Waals surface area contributed by atoms with E-state index in [-0.39, 0.29) is 0 Å². The highest BCUT2D eigenvalue weighted by atomic mass is 16.1. The standard InChI is InChI=1S/C18H34O2/c1-15(11-7-13-17(3)19)9-5-6-10-16(2)12-8-14-18(4)20/h15-16H,5-14H2,1-4H3. The summed E-state index contributed by atoms with van der Waals surface area (Å²) >= 11 is 0. The number of unbranched alkanes of at least 4 members (excludes halogenated alkanes) is 1. The fraction of sp³-hybridized carbons (Fsp3) is 0.889. The highest BCUT2D eigenvalue weighted by molar-refractivity contribution is 5.75. The average Bonchev–Trinajstić information content (AvgIpc) is 2.33. The summed E-state index contributed by atoms with van der Waals surface area (Å²) in [4.78, 5) is 21.7. The van der Waals surface area contributed by atoms with Gasteiger partial charge >= 0.3 is 0 Å². The maximum Gasteiger partial charge on any atom is 0.129 e. The van der Waals surface area contributed by atoms with E-state index in [1.54, 1.807) is 13.8 Å². The number of carbonyl (C=O) groups excluding carboxylic acids is 2. The molecule has 20 heavy (non-hydrogen) atoms. The summed E-state index contributed by atoms with van der Waals surface area (Å²) in [7, 11) is 0. The second-order valence-corrected chi connectivity index (χ2v) is 6.68. The number of Topliss-reactive ketones (excluding diaryl/α,β-unsaturated/α-hetero) is 2. The van der Waals surface area contributed by atoms with Crippen LogP contribution in [0.2, 0.25) is 0 Å². The van der Waals surface area contributed by atoms with Crippen LogP contribution in [0.3, 0.4) is 0 Å². The first-order valence-corrected chi connectivity index (χ1v) is 8.40. The summed E-state index contributed by atoms with van der Waals surface area (Å²) in [6.45, 7) is 7.96. The minimum Gasteiger partial charge on any atom is -0.300 e. The van der Waals surface area contributed by atoms with E-state index in [2.05, 4.69) is 13.8 Å². The molecule has 0 aliphatic rings. The summed E-state index contributed by atoms with van der Waals surface area (Å²) in [5.74, 6) is 2.14. The first-order chi connectivity index (χ1) is 9.41. The van der Waals surface area contributed by atoms with Gasteiger partial charge in [0.15, 0.2) is 0 Å². The van der Waals surface area contributed by atoms with Crippen LogP contribution in [0, 0.1) is 11.8 Å². The molecule has 0 aromatic heterocycles. The Kier molecular flexibility index (Phi) is 11.7. The number of ketones is 2. The highest BCUT2D eigenvalue weighted by Crippen LogP contribution is 2.20. The third-order valence-corrected chi connectivity index (χ3v) is 4.10. The summed E-state index contributed by atoms with van der Waals surface area (Å²) in [6.07, 6.45) is 11.2. The molecule has 0 aromatic rings. The molecule has 0 saturated carbocycles. The largest absolute Gasteiger partial charge is 0.300 e. The Morgan fingerprint density at radius 2 is 0.950 bits per heavy atom. The Labute approximate surface area is 125 Å². The summed E-state index contributed by atoms with van der Waals surface area (Å²) < 4.78 is 0. The fourth-order valence-electron chi connectivity index (χ4n) is 2.67. The molecular weight excluding hydrogens is 248 g/mol. The third-order valence-electron chi connectivity index (χ3n) is 4.10. The van der Waals surface area contributed by atoms with Crippen molar-refractivity contribution in [2.75, 3.05) is 0 Å². The Balaban J connectivity index is 3.41. The molecule has 0 saturated heterocycles. The van der Waals surface area contributed by atoms with Crippen LogP contribution in [0.25, 0.3) is 0 Å². The minimum absolute atomic E-state index is 0.316. The summed E-state index contributed by atoms with van der Waals surface area (Å²) in [5.41, 5.74) is 0. The van der Waals surface area contributed by atoms with Crippen molar-refractivity contribution in [3.05, 3.63) is 0 Å². The molecule has 0 amide bonds. The van der Waals surface area contributed by atoms with Crippen molar-refractivity contribution in [3.8, 4) is 0 Å². The van der Waals surface area contributed by atoms with Crippen LogP contribution in [-0.4, -0.2) is 11.6 Å². The maximum atomic E-state index is 10.9. The van der Waals surface area contributed by atoms with Crippen LogP contribution in [0.15, 0.2) is 0 Å². The second kappa shape index (κ2) is 12.1. The van der Waals surface area contributed by atoms with E-state index >= 15 is 0 Å². The van der Waals surface area contributed by atoms with Crippen LogP contribution in [0.5, 0.6) is 0 Å². The topological polar surface area (TPSA) is 34.1 Å². The van der Waals surface area contributed by atoms with Gasteiger partial charge in [0.2, 0.25) is 0 Å². The Hall–Kier alpha value is -0.660. The average molecular weight is 282 g/mol. The van der Waals surface area contributed by atoms with E-state index in [4.69, 9.17) is 0 Å². The van der Waals surface area contributed by atoms with Gasteiger partial charge in [-0.1, -0.05) is 52.4 Å². The van der Waals surface area contributed by atoms with Crippen molar-refractivity contribution >= 4 is 11.6 Å². The maximum absolute atomic E-state index is 10.9. The van der Waals surface area contributed by atoms with Crippen molar-refractivity contribution in [1.29, 1.82) is 0 Å². The van der Waals surface area contributed by atoms with Crippen LogP contribution in [-0.2, 0) is 9.59 Å². The Morgan fingerprint density at radius 3 is 1.25 bits per heavy atom. The molecule has 0 radical (unpaired) electrons. The SMILES string of the molecule is CC(=O)CCCC(C)CCCCC(C)CCCC(C)=O. The van der Waals surface area contributed by atoms with Crippen molar-refractivity contribution in [3.63, 3.8) is 0 Å². The zero-order valence-electron chi connectivity index (χ0n) is 14.0. The van der Waals surface area contributed by atoms with E-state index in [1.807, 2.05) is 0 Å². The van der Waals surface area contributed by atoms with Gasteiger partial charge in [-0.3, -0.25) is 0 Å². The van der Waals surface area contributed by atoms with Gasteiger partial charge in [0.05, 0.1) is 0 Å². The number of hydrogen-bond acceptors (Lipinski definition) is 2. The molecule has 2 unspecified atom stereocenters. The van der Waals surface area contributed by atoms with E-state index in [1.165, 1.54) is 38.5 Å². The molecule has 2 atom stereocenters. The molecule has 0 fully saturated rings. The zero-order valence-corrected chi connectivity index (χ0v) is 14.0. The predicted molar refractivity (Wildman–Crippen MR) is 85.9 cm³/mol. The van der Waals surface area contributed by atoms with Crippen LogP contribution in [0.4, 0.5) is 0 Å². The van der Waals surface area contributed by atoms with Crippen LogP contribution >= 0.6 is 0 Å². The molecule has 0 rings (SSSR count). The molecule has 0 aliphatic heterocycles. The predicted octanol–water partition coefficient (Wildman–Crippen LogP) is 5.34. The normalized spacial score (nSPS) is 14.0. The Morgan fingerprint density at radius 1 is 0.650 bits per heavy atom. The smallest absolute Gasteiger partial charge is 0.129 e. The van der Waals surface area contributed by atoms with Gasteiger partial charge in [0.1, 0.15) is 11.6 Å². The lowest BCUT2D eigenvalue weighted by molar-refractivity contribution is -0.118. The van der Waals surface area contributed by atoms with E-state index < -0.39 is 0 Å². The molecule has 0 spiro atoms. The quantitative estimate of drug-likeness (QED) is 0.427. The molecule has 0 aliphatic carbocycles. The van der Waals surface area contributed by atoms with E-state index in [0.717, 1.165) is 37.5 Å². The molecule has 2 heteroatoms. The van der Waals surface area contributed by atoms with Gasteiger partial charge in [0.25, 0.3) is 0 Å². The van der Waals surface area contributed by atoms with Gasteiger partial charge in [0, 0.05) is 12.8 Å². The first kappa shape index (κ1) is 19.3. The number of hydrogen-bond donors (Lipinski definition) is 0. The van der Waals surface area contributed by atoms with Crippen molar-refractivity contribution in [2.45, 2.75) is 91.9 Å². The molecule has 0 bridgehead atoms. The van der Waals surface area contributed by atoms with E-state index in [0.29, 0.717) is 11.6 Å². The lowest BCUT2D eigenvalue weighted by Gasteiger charge is -2.13. The Bertz CT molecular complexity index is 243. The number of carbonyl (C=O) groups is 2. The van der Waals surface area contributed by atoms with Crippen LogP contribution < -0.4 is 0 Å². The van der Waals surface area contributed by atoms with Gasteiger partial charge in [-0.05, 0) is 38.5 Å². The van der Waals surface area contributed by atoms with Gasteiger partial charge in [-0.25, -0.2) is 0 Å². The van der Waals surface area contributed by atoms with Crippen LogP contribution in [0.1, 0.15) is 91.9 Å². The van der Waals surface area contributed by atoms with E-state index in [9.17, 15) is 9.59 Å². The lowest BCUT2D eigenvalue weighted by Crippen LogP contribution is -2.00. The first-order valence-electron chi connectivity index (χ1n) is 8.40. The van der Waals surface area contributed by atoms with Gasteiger partial charge in [-0.2, -0.15) is 0 Å². The zero-order chi connectivity index (χ0) is 15.4. The monoisotopic (exact) mass is 282 g/mol. The fourth-order valence-corrected chi connectivity index (χ4v) is 2.67. The molecule has 0 aromatic carbocycles. The molecule has 2 nitrogen and oxygen atoms in total. The minimum atomic E-state index is 0.316. The number of rotatable bonds is 13. The second-order valence-electron chi connectivity index (χ2n) is 6.68. The lowest BCUT2D eigenvalue weighted by atomic mass is 9.93. The van der Waals surface area contributed by atoms with Gasteiger partial charge < -0.3 is 9.59 Å².